The van der Waals surface area contributed by atoms with Crippen LogP contribution in [0.3, 0.4) is 0 Å². The Bertz CT molecular complexity index is 1500. The molecule has 1 spiro atoms. The number of aromatic nitrogens is 2. The third-order valence-corrected chi connectivity index (χ3v) is 8.02. The molecule has 176 valence electrons. The highest BCUT2D eigenvalue weighted by Crippen LogP contribution is 2.46. The van der Waals surface area contributed by atoms with Crippen LogP contribution in [-0.4, -0.2) is 51.8 Å². The summed E-state index contributed by atoms with van der Waals surface area (Å²) in [5.74, 6) is 0.0231. The molecule has 2 unspecified atom stereocenters. The van der Waals surface area contributed by atoms with Crippen molar-refractivity contribution in [3.05, 3.63) is 58.4 Å². The summed E-state index contributed by atoms with van der Waals surface area (Å²) in [7, 11) is 1.68. The molecule has 9 nitrogen and oxygen atoms in total. The van der Waals surface area contributed by atoms with Gasteiger partial charge in [0.25, 0.3) is 5.91 Å². The Morgan fingerprint density at radius 2 is 1.83 bits per heavy atom. The van der Waals surface area contributed by atoms with Crippen molar-refractivity contribution in [2.24, 2.45) is 0 Å². The molecule has 4 heterocycles. The van der Waals surface area contributed by atoms with Gasteiger partial charge in [0.1, 0.15) is 5.54 Å². The van der Waals surface area contributed by atoms with Gasteiger partial charge >= 0.3 is 6.03 Å². The van der Waals surface area contributed by atoms with E-state index in [1.165, 1.54) is 10.5 Å². The van der Waals surface area contributed by atoms with Gasteiger partial charge in [0.15, 0.2) is 0 Å². The second-order valence-electron chi connectivity index (χ2n) is 10.2. The SMILES string of the molecule is Cc1cc2c3c(c1)N(Cc1cnc4cc5c(cc4n1)CC1(C5)C(=O)NC(=O)N1C)CC3CC(=O)N2. The average Bonchev–Trinajstić information content (AvgIpc) is 3.41. The Balaban J connectivity index is 1.21. The zero-order chi connectivity index (χ0) is 24.1. The molecule has 35 heavy (non-hydrogen) atoms. The number of fused-ring (bicyclic) bond motifs is 2. The molecule has 2 N–H and O–H groups in total. The van der Waals surface area contributed by atoms with E-state index in [0.717, 1.165) is 51.3 Å². The summed E-state index contributed by atoms with van der Waals surface area (Å²) >= 11 is 0. The maximum absolute atomic E-state index is 12.6. The van der Waals surface area contributed by atoms with Gasteiger partial charge in [-0.15, -0.1) is 0 Å². The Labute approximate surface area is 201 Å². The first-order chi connectivity index (χ1) is 16.8. The van der Waals surface area contributed by atoms with Crippen molar-refractivity contribution in [3.63, 3.8) is 0 Å². The van der Waals surface area contributed by atoms with Crippen molar-refractivity contribution in [2.45, 2.75) is 44.2 Å². The average molecular weight is 469 g/mol. The summed E-state index contributed by atoms with van der Waals surface area (Å²) in [6.45, 7) is 3.42. The zero-order valence-electron chi connectivity index (χ0n) is 19.5. The predicted octanol–water partition coefficient (Wildman–Crippen LogP) is 2.40. The number of nitrogens with zero attached hydrogens (tertiary/aromatic N) is 4. The van der Waals surface area contributed by atoms with E-state index in [1.807, 2.05) is 31.3 Å². The molecule has 1 aliphatic carbocycles. The highest BCUT2D eigenvalue weighted by atomic mass is 16.2. The quantitative estimate of drug-likeness (QED) is 0.560. The number of likely N-dealkylation sites (N-methyl/N-ethyl adjacent to an activating group) is 1. The molecule has 0 bridgehead atoms. The van der Waals surface area contributed by atoms with E-state index in [0.29, 0.717) is 25.8 Å². The van der Waals surface area contributed by atoms with E-state index in [2.05, 4.69) is 26.6 Å². The lowest BCUT2D eigenvalue weighted by Crippen LogP contribution is -2.48. The van der Waals surface area contributed by atoms with E-state index < -0.39 is 5.54 Å². The van der Waals surface area contributed by atoms with Crippen molar-refractivity contribution in [1.82, 2.24) is 20.2 Å². The van der Waals surface area contributed by atoms with Gasteiger partial charge in [-0.3, -0.25) is 19.9 Å². The fourth-order valence-corrected chi connectivity index (χ4v) is 6.29. The molecule has 0 saturated carbocycles. The predicted molar refractivity (Wildman–Crippen MR) is 129 cm³/mol. The van der Waals surface area contributed by atoms with Gasteiger partial charge in [-0.2, -0.15) is 0 Å². The number of carbonyl (C=O) groups excluding carboxylic acids is 3. The Kier molecular flexibility index (Phi) is 3.94. The number of hydrogen-bond donors (Lipinski definition) is 2. The van der Waals surface area contributed by atoms with Crippen LogP contribution in [0.25, 0.3) is 11.0 Å². The first-order valence-corrected chi connectivity index (χ1v) is 11.9. The van der Waals surface area contributed by atoms with E-state index in [-0.39, 0.29) is 23.8 Å². The molecule has 3 aromatic rings. The highest BCUT2D eigenvalue weighted by Gasteiger charge is 2.54. The van der Waals surface area contributed by atoms with Crippen LogP contribution in [0.5, 0.6) is 0 Å². The maximum atomic E-state index is 12.6. The molecule has 7 rings (SSSR count). The van der Waals surface area contributed by atoms with E-state index in [4.69, 9.17) is 4.98 Å². The van der Waals surface area contributed by atoms with Crippen LogP contribution >= 0.6 is 0 Å². The van der Waals surface area contributed by atoms with Gasteiger partial charge in [-0.1, -0.05) is 0 Å². The van der Waals surface area contributed by atoms with Gasteiger partial charge in [0.05, 0.1) is 29.5 Å². The lowest BCUT2D eigenvalue weighted by molar-refractivity contribution is -0.125. The molecule has 0 radical (unpaired) electrons. The molecule has 3 aliphatic heterocycles. The minimum absolute atomic E-state index is 0.0707. The van der Waals surface area contributed by atoms with Crippen LogP contribution in [0.1, 0.15) is 40.3 Å². The van der Waals surface area contributed by atoms with Crippen molar-refractivity contribution >= 4 is 40.3 Å². The first kappa shape index (κ1) is 20.4. The van der Waals surface area contributed by atoms with Crippen LogP contribution in [0.4, 0.5) is 16.2 Å². The lowest BCUT2D eigenvalue weighted by Gasteiger charge is -2.27. The van der Waals surface area contributed by atoms with Crippen molar-refractivity contribution < 1.29 is 14.4 Å². The molecule has 9 heteroatoms. The van der Waals surface area contributed by atoms with Crippen molar-refractivity contribution in [1.29, 1.82) is 0 Å². The number of nitrogens with one attached hydrogen (secondary N) is 2. The lowest BCUT2D eigenvalue weighted by atomic mass is 9.91. The summed E-state index contributed by atoms with van der Waals surface area (Å²) in [6, 6.07) is 7.89. The summed E-state index contributed by atoms with van der Waals surface area (Å²) < 4.78 is 0. The Morgan fingerprint density at radius 1 is 1.06 bits per heavy atom. The van der Waals surface area contributed by atoms with Gasteiger partial charge in [0, 0.05) is 55.7 Å². The van der Waals surface area contributed by atoms with Crippen molar-refractivity contribution in [2.75, 3.05) is 23.8 Å². The summed E-state index contributed by atoms with van der Waals surface area (Å²) in [5.41, 5.74) is 8.04. The topological polar surface area (TPSA) is 108 Å². The fourth-order valence-electron chi connectivity index (χ4n) is 6.29. The molecule has 1 fully saturated rings. The van der Waals surface area contributed by atoms with E-state index in [1.54, 1.807) is 7.05 Å². The Hall–Kier alpha value is -4.01. The number of rotatable bonds is 2. The molecule has 1 aromatic heterocycles. The number of benzene rings is 2. The molecule has 4 aliphatic rings. The standard InChI is InChI=1S/C26H24N6O3/c1-13-3-20-23-16(7-22(33)29-20)11-32(21(23)4-13)12-17-10-27-18-5-14-8-26(9-15(14)6-19(18)28-17)24(34)30-25(35)31(26)2/h3-6,10,16H,7-9,11-12H2,1-2H3,(H,29,33)(H,30,34,35). The zero-order valence-corrected chi connectivity index (χ0v) is 19.5. The van der Waals surface area contributed by atoms with Crippen LogP contribution < -0.4 is 15.5 Å². The number of aryl methyl sites for hydroxylation is 1. The van der Waals surface area contributed by atoms with Crippen LogP contribution in [-0.2, 0) is 29.0 Å². The smallest absolute Gasteiger partial charge is 0.324 e. The summed E-state index contributed by atoms with van der Waals surface area (Å²) in [6.07, 6.45) is 3.27. The van der Waals surface area contributed by atoms with Crippen LogP contribution in [0.2, 0.25) is 0 Å². The molecule has 2 atom stereocenters. The van der Waals surface area contributed by atoms with Gasteiger partial charge in [0.2, 0.25) is 5.91 Å². The largest absolute Gasteiger partial charge is 0.365 e. The summed E-state index contributed by atoms with van der Waals surface area (Å²) in [5, 5.41) is 5.47. The summed E-state index contributed by atoms with van der Waals surface area (Å²) in [4.78, 5) is 50.3. The molecular weight excluding hydrogens is 444 g/mol. The first-order valence-electron chi connectivity index (χ1n) is 11.9. The third kappa shape index (κ3) is 2.84. The van der Waals surface area contributed by atoms with E-state index >= 15 is 0 Å². The molecular formula is C26H24N6O3. The molecule has 2 aromatic carbocycles. The van der Waals surface area contributed by atoms with E-state index in [9.17, 15) is 14.4 Å². The second-order valence-corrected chi connectivity index (χ2v) is 10.2. The fraction of sp³-hybridized carbons (Fsp3) is 0.346. The number of imide groups is 1. The second kappa shape index (κ2) is 6.78. The number of carbonyl (C=O) groups is 3. The molecule has 4 amide bonds. The van der Waals surface area contributed by atoms with Gasteiger partial charge in [-0.25, -0.2) is 9.78 Å². The highest BCUT2D eigenvalue weighted by molar-refractivity contribution is 6.08. The normalized spacial score (nSPS) is 24.3. The minimum Gasteiger partial charge on any atom is -0.365 e. The Morgan fingerprint density at radius 3 is 2.57 bits per heavy atom. The maximum Gasteiger partial charge on any atom is 0.324 e. The molecule has 1 saturated heterocycles. The van der Waals surface area contributed by atoms with Gasteiger partial charge < -0.3 is 15.1 Å². The monoisotopic (exact) mass is 468 g/mol. The number of amides is 4. The van der Waals surface area contributed by atoms with Gasteiger partial charge in [-0.05, 0) is 47.9 Å². The van der Waals surface area contributed by atoms with Crippen LogP contribution in [0, 0.1) is 6.92 Å². The number of urea groups is 1. The number of hydrogen-bond acceptors (Lipinski definition) is 6. The third-order valence-electron chi connectivity index (χ3n) is 8.02. The minimum atomic E-state index is -0.860. The van der Waals surface area contributed by atoms with Crippen molar-refractivity contribution in [3.8, 4) is 0 Å². The number of anilines is 2. The van der Waals surface area contributed by atoms with Crippen LogP contribution in [0.15, 0.2) is 30.5 Å².